The average Bonchev–Trinajstić information content (AvgIpc) is 2.54. The third kappa shape index (κ3) is 6.14. The normalized spacial score (nSPS) is 16.4. The predicted molar refractivity (Wildman–Crippen MR) is 100 cm³/mol. The minimum absolute atomic E-state index is 0.0580. The number of benzene rings is 1. The van der Waals surface area contributed by atoms with Crippen molar-refractivity contribution in [1.82, 2.24) is 14.9 Å². The molecule has 1 aromatic rings. The molecule has 1 aliphatic rings. The Balaban J connectivity index is 1.80. The Morgan fingerprint density at radius 3 is 2.23 bits per heavy atom. The molecule has 2 N–H and O–H groups in total. The zero-order valence-corrected chi connectivity index (χ0v) is 16.3. The zero-order valence-electron chi connectivity index (χ0n) is 15.5. The molecular formula is C17H27FN4O3S. The van der Waals surface area contributed by atoms with E-state index >= 15 is 0 Å². The topological polar surface area (TPSA) is 81.8 Å². The summed E-state index contributed by atoms with van der Waals surface area (Å²) in [7, 11) is -3.43. The van der Waals surface area contributed by atoms with Gasteiger partial charge in [-0.1, -0.05) is 0 Å². The van der Waals surface area contributed by atoms with Crippen molar-refractivity contribution >= 4 is 21.7 Å². The molecule has 0 aromatic heterocycles. The molecule has 0 bridgehead atoms. The molecule has 146 valence electrons. The van der Waals surface area contributed by atoms with E-state index in [0.29, 0.717) is 26.2 Å². The molecule has 2 amide bonds. The summed E-state index contributed by atoms with van der Waals surface area (Å²) in [5, 5.41) is 5.29. The van der Waals surface area contributed by atoms with Crippen molar-refractivity contribution in [2.24, 2.45) is 0 Å². The Labute approximate surface area is 154 Å². The maximum atomic E-state index is 13.0. The highest BCUT2D eigenvalue weighted by atomic mass is 32.2. The van der Waals surface area contributed by atoms with E-state index in [1.807, 2.05) is 25.7 Å². The highest BCUT2D eigenvalue weighted by Crippen LogP contribution is 2.18. The molecule has 1 aromatic carbocycles. The number of hydrogen-bond donors (Lipinski definition) is 2. The van der Waals surface area contributed by atoms with Gasteiger partial charge in [0.1, 0.15) is 5.82 Å². The summed E-state index contributed by atoms with van der Waals surface area (Å²) in [6, 6.07) is 5.79. The SMILES string of the molecule is CC(C)(C)NC(=O)NCCS(=O)(=O)N1CCN(c2ccc(F)cc2)CC1. The van der Waals surface area contributed by atoms with Gasteiger partial charge in [-0.3, -0.25) is 0 Å². The molecule has 1 aliphatic heterocycles. The number of urea groups is 1. The van der Waals surface area contributed by atoms with Crippen LogP contribution in [0.3, 0.4) is 0 Å². The molecule has 0 aliphatic carbocycles. The standard InChI is InChI=1S/C17H27FN4O3S/c1-17(2,3)20-16(23)19-8-13-26(24,25)22-11-9-21(10-12-22)15-6-4-14(18)5-7-15/h4-7H,8-13H2,1-3H3,(H2,19,20,23). The fourth-order valence-electron chi connectivity index (χ4n) is 2.68. The van der Waals surface area contributed by atoms with Crippen LogP contribution in [0.25, 0.3) is 0 Å². The van der Waals surface area contributed by atoms with E-state index in [1.54, 1.807) is 12.1 Å². The van der Waals surface area contributed by atoms with Crippen LogP contribution in [0.4, 0.5) is 14.9 Å². The first-order chi connectivity index (χ1) is 12.1. The number of rotatable bonds is 5. The summed E-state index contributed by atoms with van der Waals surface area (Å²) >= 11 is 0. The molecule has 0 radical (unpaired) electrons. The molecular weight excluding hydrogens is 359 g/mol. The van der Waals surface area contributed by atoms with Gasteiger partial charge in [-0.2, -0.15) is 4.31 Å². The molecule has 7 nitrogen and oxygen atoms in total. The van der Waals surface area contributed by atoms with Crippen molar-refractivity contribution in [1.29, 1.82) is 0 Å². The largest absolute Gasteiger partial charge is 0.369 e. The Kier molecular flexibility index (Phi) is 6.46. The number of nitrogens with zero attached hydrogens (tertiary/aromatic N) is 2. The second-order valence-electron chi connectivity index (χ2n) is 7.31. The van der Waals surface area contributed by atoms with E-state index in [2.05, 4.69) is 10.6 Å². The molecule has 0 unspecified atom stereocenters. The summed E-state index contributed by atoms with van der Waals surface area (Å²) in [5.41, 5.74) is 0.503. The van der Waals surface area contributed by atoms with Crippen LogP contribution in [0.5, 0.6) is 0 Å². The lowest BCUT2D eigenvalue weighted by Crippen LogP contribution is -2.51. The molecule has 1 fully saturated rings. The summed E-state index contributed by atoms with van der Waals surface area (Å²) in [5.74, 6) is -0.431. The quantitative estimate of drug-likeness (QED) is 0.801. The second-order valence-corrected chi connectivity index (χ2v) is 9.40. The number of anilines is 1. The second kappa shape index (κ2) is 8.22. The lowest BCUT2D eigenvalue weighted by molar-refractivity contribution is 0.232. The summed E-state index contributed by atoms with van der Waals surface area (Å²) in [6.07, 6.45) is 0. The van der Waals surface area contributed by atoms with Crippen LogP contribution >= 0.6 is 0 Å². The first kappa shape index (κ1) is 20.4. The third-order valence-corrected chi connectivity index (χ3v) is 5.83. The van der Waals surface area contributed by atoms with Gasteiger partial charge in [0.05, 0.1) is 5.75 Å². The zero-order chi connectivity index (χ0) is 19.4. The number of amides is 2. The minimum Gasteiger partial charge on any atom is -0.369 e. The number of sulfonamides is 1. The number of carbonyl (C=O) groups excluding carboxylic acids is 1. The van der Waals surface area contributed by atoms with Crippen molar-refractivity contribution in [3.8, 4) is 0 Å². The molecule has 2 rings (SSSR count). The van der Waals surface area contributed by atoms with Gasteiger partial charge >= 0.3 is 6.03 Å². The Hall–Kier alpha value is -1.87. The van der Waals surface area contributed by atoms with Gasteiger partial charge in [-0.25, -0.2) is 17.6 Å². The summed E-state index contributed by atoms with van der Waals surface area (Å²) in [6.45, 7) is 7.44. The summed E-state index contributed by atoms with van der Waals surface area (Å²) in [4.78, 5) is 13.7. The highest BCUT2D eigenvalue weighted by Gasteiger charge is 2.27. The number of piperazine rings is 1. The van der Waals surface area contributed by atoms with Crippen molar-refractivity contribution in [2.75, 3.05) is 43.4 Å². The monoisotopic (exact) mass is 386 g/mol. The summed E-state index contributed by atoms with van der Waals surface area (Å²) < 4.78 is 39.3. The van der Waals surface area contributed by atoms with Crippen molar-refractivity contribution in [3.05, 3.63) is 30.1 Å². The van der Waals surface area contributed by atoms with Gasteiger partial charge in [-0.05, 0) is 45.0 Å². The van der Waals surface area contributed by atoms with Crippen LogP contribution in [0.2, 0.25) is 0 Å². The average molecular weight is 386 g/mol. The van der Waals surface area contributed by atoms with E-state index in [9.17, 15) is 17.6 Å². The van der Waals surface area contributed by atoms with Gasteiger partial charge in [-0.15, -0.1) is 0 Å². The van der Waals surface area contributed by atoms with Crippen LogP contribution in [0, 0.1) is 5.82 Å². The smallest absolute Gasteiger partial charge is 0.315 e. The predicted octanol–water partition coefficient (Wildman–Crippen LogP) is 1.38. The Morgan fingerprint density at radius 1 is 1.12 bits per heavy atom. The van der Waals surface area contributed by atoms with Gasteiger partial charge in [0.25, 0.3) is 0 Å². The first-order valence-corrected chi connectivity index (χ1v) is 10.2. The maximum absolute atomic E-state index is 13.0. The van der Waals surface area contributed by atoms with Crippen LogP contribution in [-0.4, -0.2) is 62.8 Å². The minimum atomic E-state index is -3.43. The number of halogens is 1. The molecule has 1 heterocycles. The molecule has 1 saturated heterocycles. The molecule has 0 spiro atoms. The number of nitrogens with one attached hydrogen (secondary N) is 2. The van der Waals surface area contributed by atoms with E-state index in [0.717, 1.165) is 5.69 Å². The maximum Gasteiger partial charge on any atom is 0.315 e. The Morgan fingerprint density at radius 2 is 1.69 bits per heavy atom. The number of hydrogen-bond acceptors (Lipinski definition) is 4. The lowest BCUT2D eigenvalue weighted by Gasteiger charge is -2.35. The molecule has 0 atom stereocenters. The fourth-order valence-corrected chi connectivity index (χ4v) is 4.02. The third-order valence-electron chi connectivity index (χ3n) is 3.96. The van der Waals surface area contributed by atoms with Gasteiger partial charge < -0.3 is 15.5 Å². The first-order valence-electron chi connectivity index (χ1n) is 8.61. The van der Waals surface area contributed by atoms with Gasteiger partial charge in [0.15, 0.2) is 0 Å². The van der Waals surface area contributed by atoms with Crippen molar-refractivity contribution in [2.45, 2.75) is 26.3 Å². The molecule has 9 heteroatoms. The van der Waals surface area contributed by atoms with E-state index in [1.165, 1.54) is 16.4 Å². The fraction of sp³-hybridized carbons (Fsp3) is 0.588. The van der Waals surface area contributed by atoms with Crippen molar-refractivity contribution in [3.63, 3.8) is 0 Å². The van der Waals surface area contributed by atoms with Crippen LogP contribution in [0.1, 0.15) is 20.8 Å². The van der Waals surface area contributed by atoms with Crippen LogP contribution < -0.4 is 15.5 Å². The number of carbonyl (C=O) groups is 1. The van der Waals surface area contributed by atoms with Crippen molar-refractivity contribution < 1.29 is 17.6 Å². The van der Waals surface area contributed by atoms with Crippen LogP contribution in [-0.2, 0) is 10.0 Å². The van der Waals surface area contributed by atoms with E-state index in [4.69, 9.17) is 0 Å². The Bertz CT molecular complexity index is 709. The van der Waals surface area contributed by atoms with E-state index in [-0.39, 0.29) is 29.7 Å². The molecule has 0 saturated carbocycles. The highest BCUT2D eigenvalue weighted by molar-refractivity contribution is 7.89. The lowest BCUT2D eigenvalue weighted by atomic mass is 10.1. The van der Waals surface area contributed by atoms with E-state index < -0.39 is 10.0 Å². The van der Waals surface area contributed by atoms with Gasteiger partial charge in [0.2, 0.25) is 10.0 Å². The molecule has 26 heavy (non-hydrogen) atoms. The van der Waals surface area contributed by atoms with Gasteiger partial charge in [0, 0.05) is 44.0 Å². The van der Waals surface area contributed by atoms with Crippen LogP contribution in [0.15, 0.2) is 24.3 Å².